The van der Waals surface area contributed by atoms with Crippen molar-refractivity contribution in [1.29, 1.82) is 0 Å². The topological polar surface area (TPSA) is 66.5 Å². The number of amides is 1. The number of hydrogen-bond acceptors (Lipinski definition) is 3. The van der Waals surface area contributed by atoms with Crippen LogP contribution in [0.15, 0.2) is 42.5 Å². The van der Waals surface area contributed by atoms with Gasteiger partial charge >= 0.3 is 0 Å². The summed E-state index contributed by atoms with van der Waals surface area (Å²) in [6, 6.07) is 11.5. The van der Waals surface area contributed by atoms with Crippen LogP contribution in [-0.2, 0) is 14.8 Å². The molecule has 27 heavy (non-hydrogen) atoms. The van der Waals surface area contributed by atoms with Crippen molar-refractivity contribution in [3.63, 3.8) is 0 Å². The van der Waals surface area contributed by atoms with Crippen molar-refractivity contribution in [2.75, 3.05) is 15.9 Å². The maximum Gasteiger partial charge on any atom is 0.247 e. The highest BCUT2D eigenvalue weighted by Gasteiger charge is 2.29. The minimum absolute atomic E-state index is 0.353. The fourth-order valence-electron chi connectivity index (χ4n) is 2.73. The second-order valence-corrected chi connectivity index (χ2v) is 9.20. The molecule has 2 aromatic rings. The number of carbonyl (C=O) groups excluding carboxylic acids is 1. The normalized spacial score (nSPS) is 12.7. The molecule has 0 radical (unpaired) electrons. The van der Waals surface area contributed by atoms with E-state index in [0.29, 0.717) is 22.3 Å². The first-order valence-corrected chi connectivity index (χ1v) is 10.9. The van der Waals surface area contributed by atoms with E-state index in [9.17, 15) is 13.2 Å². The minimum Gasteiger partial charge on any atom is -0.324 e. The van der Waals surface area contributed by atoms with E-state index in [1.807, 2.05) is 31.2 Å². The second kappa shape index (κ2) is 8.31. The molecule has 0 aliphatic heterocycles. The van der Waals surface area contributed by atoms with Crippen LogP contribution in [0.5, 0.6) is 0 Å². The van der Waals surface area contributed by atoms with Crippen LogP contribution in [0.3, 0.4) is 0 Å². The van der Waals surface area contributed by atoms with Gasteiger partial charge < -0.3 is 5.32 Å². The zero-order valence-electron chi connectivity index (χ0n) is 16.2. The van der Waals surface area contributed by atoms with E-state index in [2.05, 4.69) is 19.2 Å². The van der Waals surface area contributed by atoms with Crippen LogP contribution in [0.4, 0.5) is 11.4 Å². The molecule has 0 spiro atoms. The fraction of sp³-hybridized carbons (Fsp3) is 0.350. The standard InChI is InChI=1S/C20H25ClN2O3S/c1-13(2)16-7-9-17(10-8-16)22-20(24)15(4)23(27(5,25)26)18-11-6-14(3)19(21)12-18/h6-13,15H,1-5H3,(H,22,24). The molecule has 0 heterocycles. The highest BCUT2D eigenvalue weighted by atomic mass is 35.5. The largest absolute Gasteiger partial charge is 0.324 e. The summed E-state index contributed by atoms with van der Waals surface area (Å²) in [5.74, 6) is -0.0323. The number of nitrogens with zero attached hydrogens (tertiary/aromatic N) is 1. The zero-order valence-corrected chi connectivity index (χ0v) is 17.7. The monoisotopic (exact) mass is 408 g/mol. The molecule has 1 N–H and O–H groups in total. The number of rotatable bonds is 6. The summed E-state index contributed by atoms with van der Waals surface area (Å²) in [5, 5.41) is 3.22. The third kappa shape index (κ3) is 5.23. The van der Waals surface area contributed by atoms with E-state index in [1.54, 1.807) is 25.1 Å². The SMILES string of the molecule is Cc1ccc(N(C(C)C(=O)Nc2ccc(C(C)C)cc2)S(C)(=O)=O)cc1Cl. The molecule has 0 aliphatic rings. The molecule has 7 heteroatoms. The van der Waals surface area contributed by atoms with Crippen molar-refractivity contribution in [3.05, 3.63) is 58.6 Å². The Labute approximate surface area is 166 Å². The van der Waals surface area contributed by atoms with Crippen LogP contribution in [0.25, 0.3) is 0 Å². The lowest BCUT2D eigenvalue weighted by Gasteiger charge is -2.28. The van der Waals surface area contributed by atoms with Crippen LogP contribution < -0.4 is 9.62 Å². The van der Waals surface area contributed by atoms with Gasteiger partial charge in [-0.25, -0.2) is 8.42 Å². The second-order valence-electron chi connectivity index (χ2n) is 6.93. The minimum atomic E-state index is -3.69. The maximum atomic E-state index is 12.7. The van der Waals surface area contributed by atoms with Gasteiger partial charge in [-0.3, -0.25) is 9.10 Å². The van der Waals surface area contributed by atoms with Crippen molar-refractivity contribution in [2.45, 2.75) is 39.7 Å². The molecule has 1 amide bonds. The third-order valence-corrected chi connectivity index (χ3v) is 5.99. The summed E-state index contributed by atoms with van der Waals surface area (Å²) >= 11 is 6.14. The van der Waals surface area contributed by atoms with Gasteiger partial charge in [0, 0.05) is 10.7 Å². The molecular weight excluding hydrogens is 384 g/mol. The summed E-state index contributed by atoms with van der Waals surface area (Å²) in [6.45, 7) is 7.55. The summed E-state index contributed by atoms with van der Waals surface area (Å²) in [4.78, 5) is 12.7. The van der Waals surface area contributed by atoms with Crippen LogP contribution >= 0.6 is 11.6 Å². The predicted octanol–water partition coefficient (Wildman–Crippen LogP) is 4.57. The lowest BCUT2D eigenvalue weighted by molar-refractivity contribution is -0.116. The number of sulfonamides is 1. The summed E-state index contributed by atoms with van der Waals surface area (Å²) in [6.07, 6.45) is 1.07. The Bertz CT molecular complexity index is 925. The third-order valence-electron chi connectivity index (χ3n) is 4.34. The summed E-state index contributed by atoms with van der Waals surface area (Å²) < 4.78 is 25.8. The van der Waals surface area contributed by atoms with E-state index >= 15 is 0 Å². The molecule has 0 aromatic heterocycles. The molecule has 2 rings (SSSR count). The molecule has 0 bridgehead atoms. The van der Waals surface area contributed by atoms with Gasteiger partial charge in [-0.2, -0.15) is 0 Å². The maximum absolute atomic E-state index is 12.7. The van der Waals surface area contributed by atoms with Gasteiger partial charge in [-0.1, -0.05) is 43.6 Å². The Morgan fingerprint density at radius 1 is 1.07 bits per heavy atom. The van der Waals surface area contributed by atoms with Crippen LogP contribution in [-0.4, -0.2) is 26.6 Å². The lowest BCUT2D eigenvalue weighted by Crippen LogP contribution is -2.45. The van der Waals surface area contributed by atoms with Crippen molar-refractivity contribution < 1.29 is 13.2 Å². The van der Waals surface area contributed by atoms with Crippen molar-refractivity contribution in [2.24, 2.45) is 0 Å². The van der Waals surface area contributed by atoms with Gasteiger partial charge in [0.05, 0.1) is 11.9 Å². The highest BCUT2D eigenvalue weighted by molar-refractivity contribution is 7.92. The number of hydrogen-bond donors (Lipinski definition) is 1. The Morgan fingerprint density at radius 2 is 1.67 bits per heavy atom. The van der Waals surface area contributed by atoms with Crippen molar-refractivity contribution >= 4 is 38.9 Å². The number of halogens is 1. The predicted molar refractivity (Wildman–Crippen MR) is 112 cm³/mol. The molecule has 2 aromatic carbocycles. The Kier molecular flexibility index (Phi) is 6.54. The van der Waals surface area contributed by atoms with Gasteiger partial charge in [0.25, 0.3) is 0 Å². The first-order chi connectivity index (χ1) is 12.5. The van der Waals surface area contributed by atoms with Gasteiger partial charge in [0.2, 0.25) is 15.9 Å². The molecule has 0 saturated carbocycles. The molecule has 1 unspecified atom stereocenters. The Balaban J connectivity index is 2.28. The van der Waals surface area contributed by atoms with E-state index in [0.717, 1.165) is 21.7 Å². The van der Waals surface area contributed by atoms with E-state index < -0.39 is 22.0 Å². The Morgan fingerprint density at radius 3 is 2.15 bits per heavy atom. The smallest absolute Gasteiger partial charge is 0.247 e. The van der Waals surface area contributed by atoms with E-state index in [1.165, 1.54) is 0 Å². The fourth-order valence-corrected chi connectivity index (χ4v) is 4.07. The number of aryl methyl sites for hydroxylation is 1. The average molecular weight is 409 g/mol. The highest BCUT2D eigenvalue weighted by Crippen LogP contribution is 2.27. The van der Waals surface area contributed by atoms with Crippen LogP contribution in [0.2, 0.25) is 5.02 Å². The first-order valence-electron chi connectivity index (χ1n) is 8.67. The van der Waals surface area contributed by atoms with Gasteiger partial charge in [0.1, 0.15) is 6.04 Å². The molecular formula is C20H25ClN2O3S. The molecule has 0 fully saturated rings. The quantitative estimate of drug-likeness (QED) is 0.761. The zero-order chi connectivity index (χ0) is 20.4. The average Bonchev–Trinajstić information content (AvgIpc) is 2.57. The van der Waals surface area contributed by atoms with Gasteiger partial charge in [0.15, 0.2) is 0 Å². The van der Waals surface area contributed by atoms with Gasteiger partial charge in [-0.05, 0) is 55.2 Å². The first kappa shape index (κ1) is 21.3. The molecule has 0 saturated heterocycles. The lowest BCUT2D eigenvalue weighted by atomic mass is 10.0. The van der Waals surface area contributed by atoms with Crippen LogP contribution in [0.1, 0.15) is 37.8 Å². The van der Waals surface area contributed by atoms with Crippen molar-refractivity contribution in [3.8, 4) is 0 Å². The number of anilines is 2. The number of benzene rings is 2. The summed E-state index contributed by atoms with van der Waals surface area (Å²) in [5.41, 5.74) is 2.96. The van der Waals surface area contributed by atoms with Crippen molar-refractivity contribution in [1.82, 2.24) is 0 Å². The molecule has 5 nitrogen and oxygen atoms in total. The van der Waals surface area contributed by atoms with Crippen LogP contribution in [0, 0.1) is 6.92 Å². The number of carbonyl (C=O) groups is 1. The molecule has 1 atom stereocenters. The summed E-state index contributed by atoms with van der Waals surface area (Å²) in [7, 11) is -3.69. The Hall–Kier alpha value is -2.05. The molecule has 0 aliphatic carbocycles. The van der Waals surface area contributed by atoms with Gasteiger partial charge in [-0.15, -0.1) is 0 Å². The van der Waals surface area contributed by atoms with E-state index in [-0.39, 0.29) is 0 Å². The molecule has 146 valence electrons. The van der Waals surface area contributed by atoms with E-state index in [4.69, 9.17) is 11.6 Å². The number of nitrogens with one attached hydrogen (secondary N) is 1.